The number of anilines is 2. The van der Waals surface area contributed by atoms with Crippen LogP contribution in [-0.2, 0) is 6.18 Å². The van der Waals surface area contributed by atoms with Crippen LogP contribution in [-0.4, -0.2) is 49.7 Å². The van der Waals surface area contributed by atoms with E-state index in [4.69, 9.17) is 0 Å². The summed E-state index contributed by atoms with van der Waals surface area (Å²) in [5.41, 5.74) is 0.253. The molecule has 0 radical (unpaired) electrons. The number of halogens is 3. The highest BCUT2D eigenvalue weighted by molar-refractivity contribution is 5.51. The van der Waals surface area contributed by atoms with Gasteiger partial charge in [-0.15, -0.1) is 0 Å². The molecule has 0 atom stereocenters. The van der Waals surface area contributed by atoms with Crippen LogP contribution in [0.15, 0.2) is 6.07 Å². The van der Waals surface area contributed by atoms with E-state index >= 15 is 0 Å². The number of aromatic nitrogens is 2. The second kappa shape index (κ2) is 7.69. The topological polar surface area (TPSA) is 44.3 Å². The Morgan fingerprint density at radius 1 is 1.14 bits per heavy atom. The summed E-state index contributed by atoms with van der Waals surface area (Å²) in [5.74, 6) is 0.230. The molecule has 0 unspecified atom stereocenters. The van der Waals surface area contributed by atoms with Crippen molar-refractivity contribution in [2.45, 2.75) is 51.1 Å². The fraction of sp³-hybridized carbons (Fsp3) is 0.800. The number of nitrogens with one attached hydrogen (secondary N) is 1. The second-order valence-corrected chi connectivity index (χ2v) is 8.90. The third-order valence-electron chi connectivity index (χ3n) is 6.64. The predicted molar refractivity (Wildman–Crippen MR) is 104 cm³/mol. The van der Waals surface area contributed by atoms with E-state index in [9.17, 15) is 13.2 Å². The van der Waals surface area contributed by atoms with Crippen LogP contribution in [0.4, 0.5) is 24.8 Å². The monoisotopic (exact) mass is 397 g/mol. The molecular weight excluding hydrogens is 367 g/mol. The lowest BCUT2D eigenvalue weighted by atomic mass is 9.69. The van der Waals surface area contributed by atoms with Crippen molar-refractivity contribution >= 4 is 11.6 Å². The SMILES string of the molecule is CN(CC1CNC1)c1cc(N2CCCC3(CCCCC3)C2)nc(C(F)(F)F)n1. The Hall–Kier alpha value is -1.57. The van der Waals surface area contributed by atoms with Gasteiger partial charge in [0.15, 0.2) is 0 Å². The van der Waals surface area contributed by atoms with Gasteiger partial charge < -0.3 is 15.1 Å². The van der Waals surface area contributed by atoms with Gasteiger partial charge in [-0.05, 0) is 31.1 Å². The quantitative estimate of drug-likeness (QED) is 0.839. The lowest BCUT2D eigenvalue weighted by Gasteiger charge is -2.46. The van der Waals surface area contributed by atoms with Crippen molar-refractivity contribution in [2.24, 2.45) is 11.3 Å². The summed E-state index contributed by atoms with van der Waals surface area (Å²) >= 11 is 0. The molecule has 3 fully saturated rings. The molecule has 1 saturated carbocycles. The van der Waals surface area contributed by atoms with Crippen LogP contribution in [0.5, 0.6) is 0 Å². The molecule has 0 amide bonds. The molecule has 2 aliphatic heterocycles. The van der Waals surface area contributed by atoms with E-state index in [0.29, 0.717) is 24.1 Å². The van der Waals surface area contributed by atoms with Gasteiger partial charge in [0.25, 0.3) is 0 Å². The van der Waals surface area contributed by atoms with Gasteiger partial charge in [0.1, 0.15) is 11.6 Å². The van der Waals surface area contributed by atoms with Crippen molar-refractivity contribution < 1.29 is 13.2 Å². The predicted octanol–water partition coefficient (Wildman–Crippen LogP) is 3.70. The molecule has 3 heterocycles. The highest BCUT2D eigenvalue weighted by Gasteiger charge is 2.39. The highest BCUT2D eigenvalue weighted by atomic mass is 19.4. The summed E-state index contributed by atoms with van der Waals surface area (Å²) in [6.45, 7) is 4.10. The number of rotatable bonds is 4. The minimum atomic E-state index is -4.54. The van der Waals surface area contributed by atoms with Gasteiger partial charge in [0, 0.05) is 51.8 Å². The lowest BCUT2D eigenvalue weighted by molar-refractivity contribution is -0.144. The average Bonchev–Trinajstić information content (AvgIpc) is 2.64. The number of piperidine rings is 1. The van der Waals surface area contributed by atoms with Crippen LogP contribution in [0, 0.1) is 11.3 Å². The van der Waals surface area contributed by atoms with Gasteiger partial charge in [0.2, 0.25) is 5.82 Å². The molecule has 0 bridgehead atoms. The Morgan fingerprint density at radius 2 is 1.86 bits per heavy atom. The zero-order valence-electron chi connectivity index (χ0n) is 16.6. The Labute approximate surface area is 164 Å². The number of hydrogen-bond acceptors (Lipinski definition) is 5. The Kier molecular flexibility index (Phi) is 5.42. The van der Waals surface area contributed by atoms with Crippen LogP contribution < -0.4 is 15.1 Å². The van der Waals surface area contributed by atoms with Crippen LogP contribution in [0.1, 0.15) is 50.8 Å². The summed E-state index contributed by atoms with van der Waals surface area (Å²) in [5, 5.41) is 3.20. The molecule has 5 nitrogen and oxygen atoms in total. The van der Waals surface area contributed by atoms with Crippen LogP contribution in [0.2, 0.25) is 0 Å². The zero-order valence-corrected chi connectivity index (χ0v) is 16.6. The molecule has 2 saturated heterocycles. The van der Waals surface area contributed by atoms with E-state index in [1.807, 2.05) is 11.9 Å². The summed E-state index contributed by atoms with van der Waals surface area (Å²) in [7, 11) is 1.82. The van der Waals surface area contributed by atoms with Crippen molar-refractivity contribution in [3.63, 3.8) is 0 Å². The number of hydrogen-bond donors (Lipinski definition) is 1. The summed E-state index contributed by atoms with van der Waals surface area (Å²) in [6, 6.07) is 1.75. The van der Waals surface area contributed by atoms with Crippen molar-refractivity contribution in [1.82, 2.24) is 15.3 Å². The first-order valence-electron chi connectivity index (χ1n) is 10.5. The van der Waals surface area contributed by atoms with E-state index in [-0.39, 0.29) is 5.41 Å². The minimum absolute atomic E-state index is 0.253. The van der Waals surface area contributed by atoms with Crippen molar-refractivity contribution in [3.05, 3.63) is 11.9 Å². The highest BCUT2D eigenvalue weighted by Crippen LogP contribution is 2.44. The molecule has 4 rings (SSSR count). The average molecular weight is 397 g/mol. The zero-order chi connectivity index (χ0) is 19.8. The maximum atomic E-state index is 13.5. The normalized spacial score (nSPS) is 22.9. The van der Waals surface area contributed by atoms with Gasteiger partial charge in [-0.3, -0.25) is 0 Å². The molecular formula is C20H30F3N5. The fourth-order valence-corrected chi connectivity index (χ4v) is 4.98. The van der Waals surface area contributed by atoms with Crippen LogP contribution in [0.3, 0.4) is 0 Å². The molecule has 1 aromatic rings. The molecule has 0 aromatic carbocycles. The van der Waals surface area contributed by atoms with E-state index in [0.717, 1.165) is 32.6 Å². The first kappa shape index (κ1) is 19.7. The van der Waals surface area contributed by atoms with E-state index in [1.54, 1.807) is 6.07 Å². The molecule has 3 aliphatic rings. The summed E-state index contributed by atoms with van der Waals surface area (Å²) < 4.78 is 40.5. The molecule has 8 heteroatoms. The fourth-order valence-electron chi connectivity index (χ4n) is 4.98. The maximum Gasteiger partial charge on any atom is 0.451 e. The molecule has 28 heavy (non-hydrogen) atoms. The van der Waals surface area contributed by atoms with Crippen LogP contribution >= 0.6 is 0 Å². The third kappa shape index (κ3) is 4.21. The van der Waals surface area contributed by atoms with E-state index < -0.39 is 12.0 Å². The molecule has 1 aliphatic carbocycles. The first-order valence-corrected chi connectivity index (χ1v) is 10.5. The van der Waals surface area contributed by atoms with E-state index in [2.05, 4.69) is 20.2 Å². The third-order valence-corrected chi connectivity index (χ3v) is 6.64. The Balaban J connectivity index is 1.60. The number of alkyl halides is 3. The first-order chi connectivity index (χ1) is 13.3. The number of nitrogens with zero attached hydrogens (tertiary/aromatic N) is 4. The summed E-state index contributed by atoms with van der Waals surface area (Å²) in [4.78, 5) is 11.7. The van der Waals surface area contributed by atoms with Gasteiger partial charge in [0.05, 0.1) is 0 Å². The van der Waals surface area contributed by atoms with Gasteiger partial charge in [-0.25, -0.2) is 9.97 Å². The van der Waals surface area contributed by atoms with Gasteiger partial charge >= 0.3 is 6.18 Å². The standard InChI is InChI=1S/C20H30F3N5/c1-27(13-15-11-24-12-15)16-10-17(26-18(25-16)20(21,22)23)28-9-5-8-19(14-28)6-3-2-4-7-19/h10,15,24H,2-9,11-14H2,1H3. The smallest absolute Gasteiger partial charge is 0.359 e. The van der Waals surface area contributed by atoms with Gasteiger partial charge in [-0.2, -0.15) is 13.2 Å². The van der Waals surface area contributed by atoms with E-state index in [1.165, 1.54) is 38.5 Å². The summed E-state index contributed by atoms with van der Waals surface area (Å²) in [6.07, 6.45) is 3.76. The largest absolute Gasteiger partial charge is 0.451 e. The Bertz CT molecular complexity index is 677. The maximum absolute atomic E-state index is 13.5. The van der Waals surface area contributed by atoms with Crippen molar-refractivity contribution in [2.75, 3.05) is 49.6 Å². The minimum Gasteiger partial charge on any atom is -0.359 e. The van der Waals surface area contributed by atoms with Crippen LogP contribution in [0.25, 0.3) is 0 Å². The molecule has 1 spiro atoms. The second-order valence-electron chi connectivity index (χ2n) is 8.90. The molecule has 1 N–H and O–H groups in total. The van der Waals surface area contributed by atoms with Crippen molar-refractivity contribution in [3.8, 4) is 0 Å². The molecule has 156 valence electrons. The van der Waals surface area contributed by atoms with Crippen molar-refractivity contribution in [1.29, 1.82) is 0 Å². The molecule has 1 aromatic heterocycles. The Morgan fingerprint density at radius 3 is 2.50 bits per heavy atom. The van der Waals surface area contributed by atoms with Gasteiger partial charge in [-0.1, -0.05) is 19.3 Å². The lowest BCUT2D eigenvalue weighted by Crippen LogP contribution is -2.48.